The highest BCUT2D eigenvalue weighted by molar-refractivity contribution is 5.85. The molecule has 2 aliphatic carbocycles. The van der Waals surface area contributed by atoms with Crippen molar-refractivity contribution in [3.05, 3.63) is 42.0 Å². The fraction of sp³-hybridized carbons (Fsp3) is 0.579. The summed E-state index contributed by atoms with van der Waals surface area (Å²) in [6, 6.07) is 6.79. The Hall–Kier alpha value is -0.990. The second kappa shape index (κ2) is 5.90. The number of halogens is 1. The van der Waals surface area contributed by atoms with E-state index in [1.54, 1.807) is 0 Å². The first-order chi connectivity index (χ1) is 10.2. The van der Waals surface area contributed by atoms with E-state index >= 15 is 0 Å². The number of hydrogen-bond donors (Lipinski definition) is 1. The van der Waals surface area contributed by atoms with Crippen molar-refractivity contribution in [3.8, 4) is 5.75 Å². The van der Waals surface area contributed by atoms with Crippen molar-refractivity contribution >= 4 is 12.4 Å². The molecule has 1 aliphatic heterocycles. The molecule has 1 aromatic carbocycles. The van der Waals surface area contributed by atoms with Gasteiger partial charge in [0.15, 0.2) is 0 Å². The lowest BCUT2D eigenvalue weighted by atomic mass is 9.52. The van der Waals surface area contributed by atoms with Gasteiger partial charge in [0.05, 0.1) is 0 Å². The number of piperidine rings is 1. The first-order valence-corrected chi connectivity index (χ1v) is 8.42. The van der Waals surface area contributed by atoms with Crippen LogP contribution in [0.15, 0.2) is 30.9 Å². The Labute approximate surface area is 139 Å². The minimum Gasteiger partial charge on any atom is -0.508 e. The van der Waals surface area contributed by atoms with Gasteiger partial charge < -0.3 is 5.11 Å². The van der Waals surface area contributed by atoms with Crippen LogP contribution < -0.4 is 0 Å². The lowest BCUT2D eigenvalue weighted by Gasteiger charge is -2.59. The third-order valence-corrected chi connectivity index (χ3v) is 6.30. The first kappa shape index (κ1) is 15.9. The van der Waals surface area contributed by atoms with Crippen LogP contribution in [0.5, 0.6) is 5.75 Å². The van der Waals surface area contributed by atoms with Crippen LogP contribution in [0.4, 0.5) is 0 Å². The largest absolute Gasteiger partial charge is 0.508 e. The summed E-state index contributed by atoms with van der Waals surface area (Å²) < 4.78 is 0. The van der Waals surface area contributed by atoms with Crippen LogP contribution in [-0.2, 0) is 11.8 Å². The molecule has 0 aromatic heterocycles. The van der Waals surface area contributed by atoms with Gasteiger partial charge in [0.25, 0.3) is 0 Å². The van der Waals surface area contributed by atoms with Crippen LogP contribution in [0.25, 0.3) is 0 Å². The maximum atomic E-state index is 9.98. The highest BCUT2D eigenvalue weighted by Crippen LogP contribution is 2.56. The zero-order valence-corrected chi connectivity index (χ0v) is 13.9. The number of nitrogens with zero attached hydrogens (tertiary/aromatic N) is 1. The third-order valence-electron chi connectivity index (χ3n) is 6.30. The number of rotatable bonds is 2. The fourth-order valence-electron chi connectivity index (χ4n) is 5.47. The van der Waals surface area contributed by atoms with E-state index in [9.17, 15) is 5.11 Å². The van der Waals surface area contributed by atoms with Crippen LogP contribution >= 0.6 is 12.4 Å². The van der Waals surface area contributed by atoms with E-state index < -0.39 is 0 Å². The molecule has 0 spiro atoms. The molecule has 0 unspecified atom stereocenters. The second-order valence-corrected chi connectivity index (χ2v) is 7.15. The normalized spacial score (nSPS) is 33.3. The van der Waals surface area contributed by atoms with Gasteiger partial charge in [0.2, 0.25) is 0 Å². The number of benzene rings is 1. The Morgan fingerprint density at radius 2 is 2.18 bits per heavy atom. The zero-order valence-electron chi connectivity index (χ0n) is 13.1. The van der Waals surface area contributed by atoms with Crippen LogP contribution in [0.2, 0.25) is 0 Å². The third kappa shape index (κ3) is 2.19. The Balaban J connectivity index is 0.00000144. The average molecular weight is 320 g/mol. The molecule has 1 heterocycles. The quantitative estimate of drug-likeness (QED) is 0.831. The molecule has 0 amide bonds. The Bertz CT molecular complexity index is 573. The van der Waals surface area contributed by atoms with Crippen molar-refractivity contribution in [1.29, 1.82) is 0 Å². The van der Waals surface area contributed by atoms with Crippen molar-refractivity contribution in [3.63, 3.8) is 0 Å². The first-order valence-electron chi connectivity index (χ1n) is 8.42. The highest BCUT2D eigenvalue weighted by Gasteiger charge is 2.53. The van der Waals surface area contributed by atoms with E-state index in [0.717, 1.165) is 18.9 Å². The summed E-state index contributed by atoms with van der Waals surface area (Å²) in [4.78, 5) is 2.65. The van der Waals surface area contributed by atoms with Gasteiger partial charge in [-0.05, 0) is 61.4 Å². The molecule has 2 nitrogen and oxygen atoms in total. The summed E-state index contributed by atoms with van der Waals surface area (Å²) in [5.41, 5.74) is 3.29. The van der Waals surface area contributed by atoms with Gasteiger partial charge in [0, 0.05) is 18.0 Å². The summed E-state index contributed by atoms with van der Waals surface area (Å²) in [7, 11) is 0. The number of phenols is 1. The molecule has 3 atom stereocenters. The fourth-order valence-corrected chi connectivity index (χ4v) is 5.47. The minimum absolute atomic E-state index is 0. The molecular weight excluding hydrogens is 294 g/mol. The standard InChI is InChI=1S/C19H25NO.ClH/c1-2-10-20-11-9-19-8-4-3-5-16(19)18(20)12-14-6-7-15(21)13-17(14)19;/h2,6-7,13,16,18,21H,1,3-5,8-12H2;1H/t16-,18+,19+;/m0./s1. The molecule has 1 aromatic rings. The number of aromatic hydroxyl groups is 1. The summed E-state index contributed by atoms with van der Waals surface area (Å²) in [6.07, 6.45) is 9.84. The number of fused-ring (bicyclic) bond motifs is 1. The number of likely N-dealkylation sites (tertiary alicyclic amines) is 1. The van der Waals surface area contributed by atoms with Gasteiger partial charge in [-0.1, -0.05) is 25.0 Å². The SMILES string of the molecule is C=CCN1CC[C@]23CCCC[C@H]2[C@H]1Cc1ccc(O)cc13.Cl. The molecule has 2 bridgehead atoms. The van der Waals surface area contributed by atoms with Gasteiger partial charge in [-0.15, -0.1) is 19.0 Å². The number of hydrogen-bond acceptors (Lipinski definition) is 2. The predicted molar refractivity (Wildman–Crippen MR) is 92.9 cm³/mol. The molecular formula is C19H26ClNO. The Kier molecular flexibility index (Phi) is 4.26. The van der Waals surface area contributed by atoms with E-state index in [1.165, 1.54) is 49.8 Å². The van der Waals surface area contributed by atoms with E-state index in [-0.39, 0.29) is 12.4 Å². The average Bonchev–Trinajstić information content (AvgIpc) is 2.51. The molecule has 3 heteroatoms. The van der Waals surface area contributed by atoms with Gasteiger partial charge in [-0.2, -0.15) is 0 Å². The summed E-state index contributed by atoms with van der Waals surface area (Å²) >= 11 is 0. The lowest BCUT2D eigenvalue weighted by Crippen LogP contribution is -2.60. The van der Waals surface area contributed by atoms with Crippen molar-refractivity contribution in [2.24, 2.45) is 5.92 Å². The maximum Gasteiger partial charge on any atom is 0.115 e. The lowest BCUT2D eigenvalue weighted by molar-refractivity contribution is -0.00517. The minimum atomic E-state index is 0. The van der Waals surface area contributed by atoms with E-state index in [2.05, 4.69) is 29.7 Å². The molecule has 3 aliphatic rings. The monoisotopic (exact) mass is 319 g/mol. The topological polar surface area (TPSA) is 23.5 Å². The Morgan fingerprint density at radius 3 is 3.00 bits per heavy atom. The van der Waals surface area contributed by atoms with Gasteiger partial charge in [-0.25, -0.2) is 0 Å². The molecule has 22 heavy (non-hydrogen) atoms. The molecule has 120 valence electrons. The molecule has 2 fully saturated rings. The van der Waals surface area contributed by atoms with Crippen molar-refractivity contribution in [2.75, 3.05) is 13.1 Å². The summed E-state index contributed by atoms with van der Waals surface area (Å²) in [6.45, 7) is 6.15. The number of phenolic OH excluding ortho intramolecular Hbond substituents is 1. The Morgan fingerprint density at radius 1 is 1.32 bits per heavy atom. The van der Waals surface area contributed by atoms with Gasteiger partial charge in [-0.3, -0.25) is 4.90 Å². The molecule has 0 radical (unpaired) electrons. The molecule has 1 saturated carbocycles. The van der Waals surface area contributed by atoms with E-state index in [1.807, 2.05) is 6.07 Å². The van der Waals surface area contributed by atoms with E-state index in [4.69, 9.17) is 0 Å². The van der Waals surface area contributed by atoms with Gasteiger partial charge in [0.1, 0.15) is 5.75 Å². The zero-order chi connectivity index (χ0) is 14.4. The molecule has 4 rings (SSSR count). The molecule has 1 saturated heterocycles. The van der Waals surface area contributed by atoms with Crippen LogP contribution in [-0.4, -0.2) is 29.1 Å². The van der Waals surface area contributed by atoms with Crippen LogP contribution in [0, 0.1) is 5.92 Å². The highest BCUT2D eigenvalue weighted by atomic mass is 35.5. The van der Waals surface area contributed by atoms with Crippen molar-refractivity contribution in [2.45, 2.75) is 50.0 Å². The van der Waals surface area contributed by atoms with E-state index in [0.29, 0.717) is 17.2 Å². The summed E-state index contributed by atoms with van der Waals surface area (Å²) in [5.74, 6) is 1.22. The van der Waals surface area contributed by atoms with Crippen molar-refractivity contribution < 1.29 is 5.11 Å². The van der Waals surface area contributed by atoms with Gasteiger partial charge >= 0.3 is 0 Å². The van der Waals surface area contributed by atoms with Crippen LogP contribution in [0.3, 0.4) is 0 Å². The van der Waals surface area contributed by atoms with Crippen molar-refractivity contribution in [1.82, 2.24) is 4.90 Å². The molecule has 1 N–H and O–H groups in total. The second-order valence-electron chi connectivity index (χ2n) is 7.15. The predicted octanol–water partition coefficient (Wildman–Crippen LogP) is 4.06. The summed E-state index contributed by atoms with van der Waals surface area (Å²) in [5, 5.41) is 9.98. The van der Waals surface area contributed by atoms with Crippen LogP contribution in [0.1, 0.15) is 43.2 Å². The maximum absolute atomic E-state index is 9.98. The smallest absolute Gasteiger partial charge is 0.115 e.